The van der Waals surface area contributed by atoms with Crippen LogP contribution in [-0.2, 0) is 14.1 Å². The molecule has 0 amide bonds. The van der Waals surface area contributed by atoms with Gasteiger partial charge < -0.3 is 9.88 Å². The Bertz CT molecular complexity index is 1740. The molecule has 0 saturated carbocycles. The van der Waals surface area contributed by atoms with E-state index in [0.29, 0.717) is 10.9 Å². The number of aromatic nitrogens is 3. The Morgan fingerprint density at radius 1 is 0.800 bits per heavy atom. The molecule has 6 rings (SSSR count). The molecular formula is C29H26N4O2. The van der Waals surface area contributed by atoms with Crippen LogP contribution in [0.25, 0.3) is 27.8 Å². The van der Waals surface area contributed by atoms with Crippen LogP contribution in [0, 0.1) is 13.8 Å². The Morgan fingerprint density at radius 2 is 1.43 bits per heavy atom. The van der Waals surface area contributed by atoms with Crippen molar-refractivity contribution in [1.29, 1.82) is 0 Å². The average molecular weight is 463 g/mol. The second-order valence-corrected chi connectivity index (χ2v) is 9.31. The standard InChI is InChI=1S/C29H26N4O2/c1-17-15-21-22(16-18(17)2)33-25(20-13-9-6-10-14-20)23-26(31(3)29(35)32(4)28(23)34)27(33)24(30-21)19-11-7-5-8-12-19/h5-16,24,30H,1-4H3. The Kier molecular flexibility index (Phi) is 4.61. The highest BCUT2D eigenvalue weighted by Crippen LogP contribution is 2.45. The maximum absolute atomic E-state index is 13.7. The van der Waals surface area contributed by atoms with E-state index < -0.39 is 0 Å². The molecule has 1 aliphatic rings. The number of benzene rings is 3. The van der Waals surface area contributed by atoms with Crippen molar-refractivity contribution < 1.29 is 0 Å². The van der Waals surface area contributed by atoms with E-state index in [4.69, 9.17) is 0 Å². The molecule has 174 valence electrons. The molecule has 0 radical (unpaired) electrons. The number of nitrogens with one attached hydrogen (secondary N) is 1. The fourth-order valence-electron chi connectivity index (χ4n) is 5.29. The summed E-state index contributed by atoms with van der Waals surface area (Å²) >= 11 is 0. The lowest BCUT2D eigenvalue weighted by Gasteiger charge is -2.32. The minimum absolute atomic E-state index is 0.247. The third-order valence-corrected chi connectivity index (χ3v) is 7.21. The van der Waals surface area contributed by atoms with Gasteiger partial charge in [0.25, 0.3) is 5.56 Å². The number of aryl methyl sites for hydroxylation is 3. The van der Waals surface area contributed by atoms with Crippen molar-refractivity contribution in [2.45, 2.75) is 19.9 Å². The van der Waals surface area contributed by atoms with Crippen molar-refractivity contribution in [1.82, 2.24) is 13.7 Å². The highest BCUT2D eigenvalue weighted by atomic mass is 16.2. The molecule has 3 heterocycles. The van der Waals surface area contributed by atoms with E-state index in [1.807, 2.05) is 48.5 Å². The molecule has 2 aromatic heterocycles. The number of rotatable bonds is 2. The zero-order chi connectivity index (χ0) is 24.4. The second-order valence-electron chi connectivity index (χ2n) is 9.31. The monoisotopic (exact) mass is 462 g/mol. The SMILES string of the molecule is Cc1cc2c(cc1C)-n1c(-c3ccccc3)c3c(=O)n(C)c(=O)n(C)c3c1C(c1ccccc1)N2. The van der Waals surface area contributed by atoms with Crippen LogP contribution in [0.5, 0.6) is 0 Å². The van der Waals surface area contributed by atoms with E-state index in [9.17, 15) is 9.59 Å². The summed E-state index contributed by atoms with van der Waals surface area (Å²) in [7, 11) is 3.29. The lowest BCUT2D eigenvalue weighted by atomic mass is 9.98. The highest BCUT2D eigenvalue weighted by Gasteiger charge is 2.34. The molecule has 1 aliphatic heterocycles. The summed E-state index contributed by atoms with van der Waals surface area (Å²) in [5.41, 5.74) is 8.02. The molecule has 1 unspecified atom stereocenters. The fourth-order valence-corrected chi connectivity index (χ4v) is 5.29. The summed E-state index contributed by atoms with van der Waals surface area (Å²) in [6.07, 6.45) is 0. The molecule has 0 aliphatic carbocycles. The lowest BCUT2D eigenvalue weighted by molar-refractivity contribution is 0.708. The first kappa shape index (κ1) is 21.2. The van der Waals surface area contributed by atoms with Gasteiger partial charge in [0.2, 0.25) is 0 Å². The van der Waals surface area contributed by atoms with Gasteiger partial charge in [-0.05, 0) is 48.2 Å². The van der Waals surface area contributed by atoms with E-state index in [1.165, 1.54) is 10.1 Å². The minimum Gasteiger partial charge on any atom is -0.371 e. The molecule has 35 heavy (non-hydrogen) atoms. The van der Waals surface area contributed by atoms with Crippen molar-refractivity contribution in [3.63, 3.8) is 0 Å². The van der Waals surface area contributed by atoms with E-state index >= 15 is 0 Å². The van der Waals surface area contributed by atoms with Crippen LogP contribution in [0.1, 0.15) is 28.4 Å². The van der Waals surface area contributed by atoms with Crippen LogP contribution >= 0.6 is 0 Å². The largest absolute Gasteiger partial charge is 0.371 e. The summed E-state index contributed by atoms with van der Waals surface area (Å²) in [6.45, 7) is 4.20. The first-order chi connectivity index (χ1) is 16.9. The van der Waals surface area contributed by atoms with Gasteiger partial charge in [-0.15, -0.1) is 0 Å². The number of nitrogens with zero attached hydrogens (tertiary/aromatic N) is 3. The summed E-state index contributed by atoms with van der Waals surface area (Å²) in [5.74, 6) is 0. The van der Waals surface area contributed by atoms with Gasteiger partial charge >= 0.3 is 5.69 Å². The van der Waals surface area contributed by atoms with Crippen LogP contribution in [0.15, 0.2) is 82.4 Å². The predicted octanol–water partition coefficient (Wildman–Crippen LogP) is 4.83. The van der Waals surface area contributed by atoms with E-state index in [0.717, 1.165) is 39.5 Å². The van der Waals surface area contributed by atoms with Gasteiger partial charge in [0.05, 0.1) is 39.7 Å². The average Bonchev–Trinajstić information content (AvgIpc) is 3.24. The van der Waals surface area contributed by atoms with Gasteiger partial charge in [0.1, 0.15) is 0 Å². The quantitative estimate of drug-likeness (QED) is 0.409. The first-order valence-electron chi connectivity index (χ1n) is 11.7. The van der Waals surface area contributed by atoms with Crippen molar-refractivity contribution in [3.8, 4) is 16.9 Å². The van der Waals surface area contributed by atoms with Crippen LogP contribution in [0.2, 0.25) is 0 Å². The Balaban J connectivity index is 1.89. The van der Waals surface area contributed by atoms with Gasteiger partial charge in [0.15, 0.2) is 0 Å². The van der Waals surface area contributed by atoms with Gasteiger partial charge in [-0.3, -0.25) is 13.9 Å². The topological polar surface area (TPSA) is 61.0 Å². The number of hydrogen-bond acceptors (Lipinski definition) is 3. The lowest BCUT2D eigenvalue weighted by Crippen LogP contribution is -2.37. The van der Waals surface area contributed by atoms with Gasteiger partial charge in [-0.2, -0.15) is 0 Å². The van der Waals surface area contributed by atoms with E-state index in [1.54, 1.807) is 18.7 Å². The summed E-state index contributed by atoms with van der Waals surface area (Å²) < 4.78 is 5.00. The third kappa shape index (κ3) is 2.96. The Morgan fingerprint density at radius 3 is 2.11 bits per heavy atom. The number of anilines is 1. The molecule has 0 fully saturated rings. The van der Waals surface area contributed by atoms with E-state index in [-0.39, 0.29) is 17.3 Å². The number of fused-ring (bicyclic) bond motifs is 5. The van der Waals surface area contributed by atoms with Crippen LogP contribution in [0.3, 0.4) is 0 Å². The summed E-state index contributed by atoms with van der Waals surface area (Å²) in [5, 5.41) is 4.28. The number of hydrogen-bond donors (Lipinski definition) is 1. The molecule has 1 N–H and O–H groups in total. The Hall–Kier alpha value is -4.32. The van der Waals surface area contributed by atoms with Crippen LogP contribution in [0.4, 0.5) is 5.69 Å². The van der Waals surface area contributed by atoms with Crippen LogP contribution < -0.4 is 16.6 Å². The minimum atomic E-state index is -0.340. The van der Waals surface area contributed by atoms with Crippen molar-refractivity contribution in [2.24, 2.45) is 14.1 Å². The zero-order valence-electron chi connectivity index (χ0n) is 20.2. The van der Waals surface area contributed by atoms with Gasteiger partial charge in [-0.25, -0.2) is 4.79 Å². The first-order valence-corrected chi connectivity index (χ1v) is 11.7. The van der Waals surface area contributed by atoms with Crippen molar-refractivity contribution >= 4 is 16.6 Å². The van der Waals surface area contributed by atoms with Crippen molar-refractivity contribution in [3.05, 3.63) is 116 Å². The Labute approximate surface area is 202 Å². The van der Waals surface area contributed by atoms with Crippen LogP contribution in [-0.4, -0.2) is 13.7 Å². The molecule has 5 aromatic rings. The van der Waals surface area contributed by atoms with Crippen molar-refractivity contribution in [2.75, 3.05) is 5.32 Å². The second kappa shape index (κ2) is 7.60. The molecule has 6 heteroatoms. The van der Waals surface area contributed by atoms with E-state index in [2.05, 4.69) is 48.0 Å². The molecule has 0 saturated heterocycles. The summed E-state index contributed by atoms with van der Waals surface area (Å²) in [4.78, 5) is 26.8. The third-order valence-electron chi connectivity index (χ3n) is 7.21. The molecular weight excluding hydrogens is 436 g/mol. The maximum Gasteiger partial charge on any atom is 0.331 e. The maximum atomic E-state index is 13.7. The predicted molar refractivity (Wildman–Crippen MR) is 141 cm³/mol. The smallest absolute Gasteiger partial charge is 0.331 e. The van der Waals surface area contributed by atoms with Gasteiger partial charge in [-0.1, -0.05) is 60.7 Å². The zero-order valence-corrected chi connectivity index (χ0v) is 20.2. The normalized spacial score (nSPS) is 14.5. The van der Waals surface area contributed by atoms with Gasteiger partial charge in [0, 0.05) is 14.1 Å². The molecule has 0 spiro atoms. The molecule has 3 aromatic carbocycles. The fraction of sp³-hybridized carbons (Fsp3) is 0.172. The molecule has 0 bridgehead atoms. The molecule has 1 atom stereocenters. The summed E-state index contributed by atoms with van der Waals surface area (Å²) in [6, 6.07) is 24.2. The molecule has 6 nitrogen and oxygen atoms in total. The highest BCUT2D eigenvalue weighted by molar-refractivity contribution is 5.99.